The van der Waals surface area contributed by atoms with Crippen LogP contribution in [0, 0.1) is 0 Å². The second-order valence-corrected chi connectivity index (χ2v) is 9.32. The summed E-state index contributed by atoms with van der Waals surface area (Å²) in [6, 6.07) is 24.2. The van der Waals surface area contributed by atoms with Gasteiger partial charge in [0.2, 0.25) is 5.91 Å². The normalized spacial score (nSPS) is 13.8. The molecule has 6 nitrogen and oxygen atoms in total. The van der Waals surface area contributed by atoms with Crippen LogP contribution in [0.5, 0.6) is 0 Å². The second kappa shape index (κ2) is 8.81. The molecule has 0 radical (unpaired) electrons. The number of carbonyl (C=O) groups is 1. The van der Waals surface area contributed by atoms with Gasteiger partial charge in [-0.1, -0.05) is 54.6 Å². The monoisotopic (exact) mass is 435 g/mol. The lowest BCUT2D eigenvalue weighted by molar-refractivity contribution is -0.119. The molecule has 0 aliphatic carbocycles. The van der Waals surface area contributed by atoms with E-state index in [9.17, 15) is 13.2 Å². The van der Waals surface area contributed by atoms with Crippen molar-refractivity contribution in [2.24, 2.45) is 0 Å². The van der Waals surface area contributed by atoms with Crippen LogP contribution in [0.15, 0.2) is 83.8 Å². The number of amides is 1. The quantitative estimate of drug-likeness (QED) is 0.577. The predicted octanol–water partition coefficient (Wildman–Crippen LogP) is 3.51. The number of nitrogens with zero attached hydrogens (tertiary/aromatic N) is 2. The van der Waals surface area contributed by atoms with Crippen molar-refractivity contribution in [2.75, 3.05) is 35.9 Å². The smallest absolute Gasteiger partial charge is 0.265 e. The van der Waals surface area contributed by atoms with Crippen molar-refractivity contribution in [3.05, 3.63) is 78.9 Å². The number of hydrogen-bond acceptors (Lipinski definition) is 4. The van der Waals surface area contributed by atoms with Gasteiger partial charge in [0, 0.05) is 37.0 Å². The van der Waals surface area contributed by atoms with E-state index in [2.05, 4.69) is 10.2 Å². The van der Waals surface area contributed by atoms with E-state index in [1.165, 1.54) is 4.31 Å². The summed E-state index contributed by atoms with van der Waals surface area (Å²) in [5.41, 5.74) is 3.12. The largest absolute Gasteiger partial charge is 0.375 e. The number of benzene rings is 3. The summed E-state index contributed by atoms with van der Waals surface area (Å²) in [5.74, 6) is -0.319. The Balaban J connectivity index is 1.41. The molecule has 1 aliphatic heterocycles. The zero-order valence-electron chi connectivity index (χ0n) is 17.4. The Morgan fingerprint density at radius 1 is 0.903 bits per heavy atom. The van der Waals surface area contributed by atoms with E-state index in [1.807, 2.05) is 55.6 Å². The van der Waals surface area contributed by atoms with Crippen LogP contribution in [0.1, 0.15) is 6.42 Å². The molecular formula is C24H25N3O3S. The summed E-state index contributed by atoms with van der Waals surface area (Å²) >= 11 is 0. The minimum atomic E-state index is -3.81. The molecule has 1 amide bonds. The number of para-hydroxylation sites is 2. The van der Waals surface area contributed by atoms with Gasteiger partial charge in [-0.25, -0.2) is 8.42 Å². The fraction of sp³-hybridized carbons (Fsp3) is 0.208. The Hall–Kier alpha value is -3.32. The molecule has 0 bridgehead atoms. The molecule has 31 heavy (non-hydrogen) atoms. The van der Waals surface area contributed by atoms with Crippen molar-refractivity contribution < 1.29 is 13.2 Å². The molecule has 0 saturated heterocycles. The minimum Gasteiger partial charge on any atom is -0.375 e. The van der Waals surface area contributed by atoms with E-state index in [1.54, 1.807) is 30.3 Å². The second-order valence-electron chi connectivity index (χ2n) is 7.49. The van der Waals surface area contributed by atoms with E-state index in [-0.39, 0.29) is 17.3 Å². The van der Waals surface area contributed by atoms with Crippen LogP contribution in [0.4, 0.5) is 11.4 Å². The first-order valence-corrected chi connectivity index (χ1v) is 11.7. The van der Waals surface area contributed by atoms with Gasteiger partial charge in [-0.05, 0) is 30.7 Å². The summed E-state index contributed by atoms with van der Waals surface area (Å²) in [5, 5.41) is 2.86. The lowest BCUT2D eigenvalue weighted by atomic mass is 10.0. The van der Waals surface area contributed by atoms with Gasteiger partial charge < -0.3 is 10.2 Å². The first-order valence-electron chi connectivity index (χ1n) is 10.2. The average molecular weight is 436 g/mol. The van der Waals surface area contributed by atoms with Crippen molar-refractivity contribution in [1.29, 1.82) is 0 Å². The minimum absolute atomic E-state index is 0.228. The molecule has 1 N–H and O–H groups in total. The highest BCUT2D eigenvalue weighted by molar-refractivity contribution is 7.93. The number of fused-ring (bicyclic) bond motifs is 3. The molecule has 0 fully saturated rings. The molecule has 0 atom stereocenters. The maximum absolute atomic E-state index is 13.2. The topological polar surface area (TPSA) is 69.7 Å². The van der Waals surface area contributed by atoms with E-state index in [4.69, 9.17) is 0 Å². The summed E-state index contributed by atoms with van der Waals surface area (Å²) in [4.78, 5) is 15.0. The fourth-order valence-corrected chi connectivity index (χ4v) is 5.44. The molecule has 0 saturated carbocycles. The Labute approximate surface area is 183 Å². The molecule has 7 heteroatoms. The van der Waals surface area contributed by atoms with Gasteiger partial charge in [0.05, 0.1) is 10.6 Å². The molecular weight excluding hydrogens is 410 g/mol. The summed E-state index contributed by atoms with van der Waals surface area (Å²) < 4.78 is 27.6. The van der Waals surface area contributed by atoms with Gasteiger partial charge in [-0.3, -0.25) is 9.10 Å². The molecule has 4 rings (SSSR count). The molecule has 160 valence electrons. The number of anilines is 2. The lowest BCUT2D eigenvalue weighted by Crippen LogP contribution is -2.43. The first-order chi connectivity index (χ1) is 15.0. The highest BCUT2D eigenvalue weighted by atomic mass is 32.2. The SMILES string of the molecule is CN(CCCNC(=O)CN1c2ccccc2-c2ccccc2S1(=O)=O)c1ccccc1. The van der Waals surface area contributed by atoms with E-state index in [0.29, 0.717) is 17.8 Å². The van der Waals surface area contributed by atoms with Crippen LogP contribution in [0.2, 0.25) is 0 Å². The van der Waals surface area contributed by atoms with Gasteiger partial charge in [-0.2, -0.15) is 0 Å². The van der Waals surface area contributed by atoms with Crippen LogP contribution in [-0.2, 0) is 14.8 Å². The third-order valence-electron chi connectivity index (χ3n) is 5.39. The molecule has 0 aromatic heterocycles. The van der Waals surface area contributed by atoms with Crippen molar-refractivity contribution in [3.8, 4) is 11.1 Å². The number of rotatable bonds is 7. The maximum Gasteiger partial charge on any atom is 0.265 e. The predicted molar refractivity (Wildman–Crippen MR) is 124 cm³/mol. The third-order valence-corrected chi connectivity index (χ3v) is 7.21. The van der Waals surface area contributed by atoms with Crippen LogP contribution in [-0.4, -0.2) is 41.0 Å². The van der Waals surface area contributed by atoms with Crippen molar-refractivity contribution in [3.63, 3.8) is 0 Å². The molecule has 1 heterocycles. The summed E-state index contributed by atoms with van der Waals surface area (Å²) in [7, 11) is -1.80. The first kappa shape index (κ1) is 20.9. The number of carbonyl (C=O) groups excluding carboxylic acids is 1. The number of hydrogen-bond donors (Lipinski definition) is 1. The molecule has 0 unspecified atom stereocenters. The van der Waals surface area contributed by atoms with Crippen LogP contribution >= 0.6 is 0 Å². The van der Waals surface area contributed by atoms with Gasteiger partial charge in [0.25, 0.3) is 10.0 Å². The number of sulfonamides is 1. The van der Waals surface area contributed by atoms with Gasteiger partial charge in [0.1, 0.15) is 6.54 Å². The van der Waals surface area contributed by atoms with E-state index < -0.39 is 10.0 Å². The Morgan fingerprint density at radius 2 is 1.55 bits per heavy atom. The van der Waals surface area contributed by atoms with Crippen molar-refractivity contribution >= 4 is 27.3 Å². The Kier molecular flexibility index (Phi) is 5.95. The fourth-order valence-electron chi connectivity index (χ4n) is 3.79. The highest BCUT2D eigenvalue weighted by Gasteiger charge is 2.35. The van der Waals surface area contributed by atoms with Gasteiger partial charge >= 0.3 is 0 Å². The zero-order chi connectivity index (χ0) is 21.8. The van der Waals surface area contributed by atoms with E-state index >= 15 is 0 Å². The Morgan fingerprint density at radius 3 is 2.32 bits per heavy atom. The molecule has 0 spiro atoms. The third kappa shape index (κ3) is 4.27. The van der Waals surface area contributed by atoms with Crippen LogP contribution < -0.4 is 14.5 Å². The highest BCUT2D eigenvalue weighted by Crippen LogP contribution is 2.42. The van der Waals surface area contributed by atoms with Crippen LogP contribution in [0.25, 0.3) is 11.1 Å². The van der Waals surface area contributed by atoms with E-state index in [0.717, 1.165) is 24.2 Å². The Bertz CT molecular complexity index is 1180. The lowest BCUT2D eigenvalue weighted by Gasteiger charge is -2.31. The molecule has 1 aliphatic rings. The average Bonchev–Trinajstić information content (AvgIpc) is 2.80. The van der Waals surface area contributed by atoms with Crippen molar-refractivity contribution in [1.82, 2.24) is 5.32 Å². The summed E-state index contributed by atoms with van der Waals surface area (Å²) in [6.07, 6.45) is 0.753. The van der Waals surface area contributed by atoms with Gasteiger partial charge in [0.15, 0.2) is 0 Å². The standard InChI is InChI=1S/C24H25N3O3S/c1-26(19-10-3-2-4-11-19)17-9-16-25-24(28)18-27-22-14-7-5-12-20(22)21-13-6-8-15-23(21)31(27,29)30/h2-8,10-15H,9,16-18H2,1H3,(H,25,28). The number of nitrogens with one attached hydrogen (secondary N) is 1. The summed E-state index contributed by atoms with van der Waals surface area (Å²) in [6.45, 7) is 1.01. The zero-order valence-corrected chi connectivity index (χ0v) is 18.2. The molecule has 3 aromatic carbocycles. The molecule has 3 aromatic rings. The van der Waals surface area contributed by atoms with Gasteiger partial charge in [-0.15, -0.1) is 0 Å². The van der Waals surface area contributed by atoms with Crippen LogP contribution in [0.3, 0.4) is 0 Å². The maximum atomic E-state index is 13.2. The van der Waals surface area contributed by atoms with Crippen molar-refractivity contribution in [2.45, 2.75) is 11.3 Å².